The van der Waals surface area contributed by atoms with Gasteiger partial charge >= 0.3 is 11.9 Å². The van der Waals surface area contributed by atoms with Crippen LogP contribution in [0.4, 0.5) is 0 Å². The number of carbonyl (C=O) groups excluding carboxylic acids is 2. The van der Waals surface area contributed by atoms with Crippen LogP contribution < -0.4 is 4.74 Å². The first kappa shape index (κ1) is 15.8. The van der Waals surface area contributed by atoms with Crippen LogP contribution in [-0.4, -0.2) is 18.5 Å². The summed E-state index contributed by atoms with van der Waals surface area (Å²) in [5.41, 5.74) is 0. The van der Waals surface area contributed by atoms with Gasteiger partial charge in [-0.3, -0.25) is 0 Å². The van der Waals surface area contributed by atoms with Crippen molar-refractivity contribution in [2.24, 2.45) is 0 Å². The molecule has 4 nitrogen and oxygen atoms in total. The van der Waals surface area contributed by atoms with E-state index in [1.54, 1.807) is 6.92 Å². The molecule has 0 fully saturated rings. The van der Waals surface area contributed by atoms with Gasteiger partial charge in [0.15, 0.2) is 5.75 Å². The highest BCUT2D eigenvalue weighted by Gasteiger charge is 2.11. The molecule has 0 aliphatic carbocycles. The Balaban J connectivity index is 2.75. The van der Waals surface area contributed by atoms with Crippen LogP contribution in [0.25, 0.3) is 0 Å². The molecular weight excluding hydrogens is 314 g/mol. The molecular formula is C12H9Cl3O4. The maximum Gasteiger partial charge on any atom is 0.336 e. The molecule has 19 heavy (non-hydrogen) atoms. The fourth-order valence-corrected chi connectivity index (χ4v) is 1.70. The summed E-state index contributed by atoms with van der Waals surface area (Å²) in [6.07, 6.45) is 1.87. The lowest BCUT2D eigenvalue weighted by molar-refractivity contribution is -0.138. The van der Waals surface area contributed by atoms with Crippen molar-refractivity contribution in [2.45, 2.75) is 6.92 Å². The van der Waals surface area contributed by atoms with E-state index in [4.69, 9.17) is 39.5 Å². The molecule has 0 saturated carbocycles. The third-order valence-electron chi connectivity index (χ3n) is 1.81. The Bertz CT molecular complexity index is 526. The zero-order valence-corrected chi connectivity index (χ0v) is 12.1. The summed E-state index contributed by atoms with van der Waals surface area (Å²) in [6, 6.07) is 2.75. The van der Waals surface area contributed by atoms with Gasteiger partial charge in [-0.05, 0) is 13.0 Å². The van der Waals surface area contributed by atoms with Crippen molar-refractivity contribution >= 4 is 46.7 Å². The zero-order chi connectivity index (χ0) is 14.4. The predicted molar refractivity (Wildman–Crippen MR) is 72.9 cm³/mol. The van der Waals surface area contributed by atoms with E-state index in [1.165, 1.54) is 12.1 Å². The van der Waals surface area contributed by atoms with Gasteiger partial charge in [-0.15, -0.1) is 0 Å². The van der Waals surface area contributed by atoms with Crippen LogP contribution >= 0.6 is 34.8 Å². The number of carbonyl (C=O) groups is 2. The number of hydrogen-bond donors (Lipinski definition) is 0. The SMILES string of the molecule is CCOC(=O)/C=C/C(=O)Oc1cc(Cl)cc(Cl)c1Cl. The van der Waals surface area contributed by atoms with Gasteiger partial charge in [0.25, 0.3) is 0 Å². The molecule has 1 rings (SSSR count). The molecule has 0 aliphatic rings. The van der Waals surface area contributed by atoms with Crippen LogP contribution in [0.15, 0.2) is 24.3 Å². The van der Waals surface area contributed by atoms with Gasteiger partial charge < -0.3 is 9.47 Å². The van der Waals surface area contributed by atoms with Gasteiger partial charge in [-0.2, -0.15) is 0 Å². The fraction of sp³-hybridized carbons (Fsp3) is 0.167. The van der Waals surface area contributed by atoms with E-state index in [-0.39, 0.29) is 27.4 Å². The first-order chi connectivity index (χ1) is 8.93. The fourth-order valence-electron chi connectivity index (χ4n) is 1.08. The van der Waals surface area contributed by atoms with Crippen LogP contribution in [0.5, 0.6) is 5.75 Å². The van der Waals surface area contributed by atoms with Gasteiger partial charge in [0, 0.05) is 23.2 Å². The summed E-state index contributed by atoms with van der Waals surface area (Å²) >= 11 is 17.4. The van der Waals surface area contributed by atoms with Crippen molar-refractivity contribution in [3.63, 3.8) is 0 Å². The van der Waals surface area contributed by atoms with Crippen molar-refractivity contribution in [1.82, 2.24) is 0 Å². The van der Waals surface area contributed by atoms with Crippen molar-refractivity contribution < 1.29 is 19.1 Å². The largest absolute Gasteiger partial charge is 0.463 e. The van der Waals surface area contributed by atoms with Crippen LogP contribution in [0.2, 0.25) is 15.1 Å². The van der Waals surface area contributed by atoms with E-state index in [9.17, 15) is 9.59 Å². The summed E-state index contributed by atoms with van der Waals surface area (Å²) in [5.74, 6) is -1.43. The van der Waals surface area contributed by atoms with Crippen LogP contribution in [0.1, 0.15) is 6.92 Å². The molecule has 0 saturated heterocycles. The van der Waals surface area contributed by atoms with Crippen molar-refractivity contribution in [2.75, 3.05) is 6.61 Å². The molecule has 0 aromatic heterocycles. The zero-order valence-electron chi connectivity index (χ0n) is 9.78. The summed E-state index contributed by atoms with van der Waals surface area (Å²) < 4.78 is 9.50. The Kier molecular flexibility index (Phi) is 6.15. The van der Waals surface area contributed by atoms with Crippen LogP contribution in [0.3, 0.4) is 0 Å². The lowest BCUT2D eigenvalue weighted by Gasteiger charge is -2.06. The molecule has 1 aromatic rings. The Hall–Kier alpha value is -1.23. The maximum atomic E-state index is 11.4. The lowest BCUT2D eigenvalue weighted by Crippen LogP contribution is -2.07. The molecule has 0 atom stereocenters. The van der Waals surface area contributed by atoms with E-state index >= 15 is 0 Å². The second-order valence-corrected chi connectivity index (χ2v) is 4.43. The normalized spacial score (nSPS) is 10.5. The van der Waals surface area contributed by atoms with E-state index in [0.717, 1.165) is 12.2 Å². The second-order valence-electron chi connectivity index (χ2n) is 3.21. The van der Waals surface area contributed by atoms with Crippen molar-refractivity contribution in [1.29, 1.82) is 0 Å². The van der Waals surface area contributed by atoms with E-state index < -0.39 is 11.9 Å². The number of rotatable bonds is 4. The van der Waals surface area contributed by atoms with Gasteiger partial charge in [0.05, 0.1) is 11.6 Å². The minimum atomic E-state index is -0.798. The topological polar surface area (TPSA) is 52.6 Å². The van der Waals surface area contributed by atoms with Crippen molar-refractivity contribution in [3.05, 3.63) is 39.4 Å². The molecule has 0 radical (unpaired) electrons. The molecule has 0 bridgehead atoms. The van der Waals surface area contributed by atoms with Crippen molar-refractivity contribution in [3.8, 4) is 5.75 Å². The number of esters is 2. The Labute approximate surface area is 124 Å². The highest BCUT2D eigenvalue weighted by molar-refractivity contribution is 6.44. The summed E-state index contributed by atoms with van der Waals surface area (Å²) in [4.78, 5) is 22.4. The molecule has 0 aliphatic heterocycles. The highest BCUT2D eigenvalue weighted by Crippen LogP contribution is 2.35. The lowest BCUT2D eigenvalue weighted by atomic mass is 10.3. The third-order valence-corrected chi connectivity index (χ3v) is 2.82. The minimum absolute atomic E-state index is 0.0117. The summed E-state index contributed by atoms with van der Waals surface area (Å²) in [7, 11) is 0. The minimum Gasteiger partial charge on any atom is -0.463 e. The molecule has 1 aromatic carbocycles. The highest BCUT2D eigenvalue weighted by atomic mass is 35.5. The van der Waals surface area contributed by atoms with E-state index in [0.29, 0.717) is 0 Å². The van der Waals surface area contributed by atoms with Gasteiger partial charge in [-0.25, -0.2) is 9.59 Å². The molecule has 0 heterocycles. The molecule has 0 unspecified atom stereocenters. The van der Waals surface area contributed by atoms with Gasteiger partial charge in [0.1, 0.15) is 5.02 Å². The predicted octanol–water partition coefficient (Wildman–Crippen LogP) is 3.67. The van der Waals surface area contributed by atoms with Gasteiger partial charge in [-0.1, -0.05) is 34.8 Å². The van der Waals surface area contributed by atoms with E-state index in [1.807, 2.05) is 0 Å². The first-order valence-corrected chi connectivity index (χ1v) is 6.28. The smallest absolute Gasteiger partial charge is 0.336 e. The third kappa shape index (κ3) is 5.11. The Morgan fingerprint density at radius 2 is 1.79 bits per heavy atom. The molecule has 0 N–H and O–H groups in total. The standard InChI is InChI=1S/C12H9Cl3O4/c1-2-18-10(16)3-4-11(17)19-9-6-7(13)5-8(14)12(9)15/h3-6H,2H2,1H3/b4-3+. The molecule has 7 heteroatoms. The molecule has 0 amide bonds. The van der Waals surface area contributed by atoms with Gasteiger partial charge in [0.2, 0.25) is 0 Å². The summed E-state index contributed by atoms with van der Waals surface area (Å²) in [6.45, 7) is 1.87. The number of benzene rings is 1. The summed E-state index contributed by atoms with van der Waals surface area (Å²) in [5, 5.41) is 0.488. The number of hydrogen-bond acceptors (Lipinski definition) is 4. The second kappa shape index (κ2) is 7.38. The molecule has 0 spiro atoms. The van der Waals surface area contributed by atoms with Crippen LogP contribution in [-0.2, 0) is 14.3 Å². The first-order valence-electron chi connectivity index (χ1n) is 5.15. The quantitative estimate of drug-likeness (QED) is 0.367. The average molecular weight is 324 g/mol. The number of ether oxygens (including phenoxy) is 2. The van der Waals surface area contributed by atoms with Crippen LogP contribution in [0, 0.1) is 0 Å². The Morgan fingerprint density at radius 1 is 1.16 bits per heavy atom. The van der Waals surface area contributed by atoms with E-state index in [2.05, 4.69) is 4.74 Å². The monoisotopic (exact) mass is 322 g/mol. The Morgan fingerprint density at radius 3 is 2.42 bits per heavy atom. The maximum absolute atomic E-state index is 11.4. The average Bonchev–Trinajstić information content (AvgIpc) is 2.33. The number of halogens is 3. The molecule has 102 valence electrons.